The van der Waals surface area contributed by atoms with Crippen LogP contribution in [0.15, 0.2) is 0 Å². The Kier molecular flexibility index (Phi) is 4.22. The van der Waals surface area contributed by atoms with E-state index in [0.717, 1.165) is 6.42 Å². The number of halogens is 1. The highest BCUT2D eigenvalue weighted by atomic mass is 127. The molecule has 1 atom stereocenters. The smallest absolute Gasteiger partial charge is 0.112 e. The molecule has 0 aliphatic heterocycles. The Morgan fingerprint density at radius 2 is 2.20 bits per heavy atom. The topological polar surface area (TPSA) is 35.8 Å². The predicted molar refractivity (Wildman–Crippen MR) is 50.6 cm³/mol. The van der Waals surface area contributed by atoms with Crippen LogP contribution in [0.25, 0.3) is 0 Å². The largest absolute Gasteiger partial charge is 0.242 e. The lowest BCUT2D eigenvalue weighted by Crippen LogP contribution is -2.35. The SMILES string of the molecule is CC(C)CC(C)(C#N)NI. The predicted octanol–water partition coefficient (Wildman–Crippen LogP) is 2.25. The van der Waals surface area contributed by atoms with Crippen LogP contribution in [0.4, 0.5) is 0 Å². The van der Waals surface area contributed by atoms with E-state index in [9.17, 15) is 0 Å². The van der Waals surface area contributed by atoms with Crippen LogP contribution < -0.4 is 3.53 Å². The molecule has 3 heteroatoms. The standard InChI is InChI=1S/C7H13IN2/c1-6(2)4-7(3,5-9)10-8/h6,10H,4H2,1-3H3. The molecule has 0 aromatic carbocycles. The summed E-state index contributed by atoms with van der Waals surface area (Å²) in [6.07, 6.45) is 0.895. The molecule has 0 aromatic rings. The Hall–Kier alpha value is 0.180. The van der Waals surface area contributed by atoms with Crippen molar-refractivity contribution in [1.29, 1.82) is 5.26 Å². The van der Waals surface area contributed by atoms with E-state index in [1.165, 1.54) is 0 Å². The van der Waals surface area contributed by atoms with Gasteiger partial charge in [-0.15, -0.1) is 0 Å². The van der Waals surface area contributed by atoms with E-state index in [1.54, 1.807) is 0 Å². The maximum absolute atomic E-state index is 8.72. The maximum atomic E-state index is 8.72. The summed E-state index contributed by atoms with van der Waals surface area (Å²) in [4.78, 5) is 0. The zero-order chi connectivity index (χ0) is 8.20. The first kappa shape index (κ1) is 10.2. The molecular formula is C7H13IN2. The van der Waals surface area contributed by atoms with E-state index >= 15 is 0 Å². The van der Waals surface area contributed by atoms with Crippen molar-refractivity contribution in [2.45, 2.75) is 32.7 Å². The molecule has 1 N–H and O–H groups in total. The number of nitriles is 1. The molecule has 0 fully saturated rings. The molecule has 0 amide bonds. The summed E-state index contributed by atoms with van der Waals surface area (Å²) >= 11 is 2.03. The van der Waals surface area contributed by atoms with Crippen LogP contribution in [0.3, 0.4) is 0 Å². The van der Waals surface area contributed by atoms with E-state index < -0.39 is 0 Å². The lowest BCUT2D eigenvalue weighted by molar-refractivity contribution is 0.433. The minimum absolute atomic E-state index is 0.352. The van der Waals surface area contributed by atoms with Crippen molar-refractivity contribution in [1.82, 2.24) is 3.53 Å². The second kappa shape index (κ2) is 4.14. The van der Waals surface area contributed by atoms with Gasteiger partial charge in [-0.3, -0.25) is 0 Å². The van der Waals surface area contributed by atoms with Gasteiger partial charge in [-0.1, -0.05) is 13.8 Å². The fraction of sp³-hybridized carbons (Fsp3) is 0.857. The highest BCUT2D eigenvalue weighted by molar-refractivity contribution is 14.1. The zero-order valence-electron chi connectivity index (χ0n) is 6.61. The molecule has 0 spiro atoms. The summed E-state index contributed by atoms with van der Waals surface area (Å²) in [5, 5.41) is 8.72. The minimum atomic E-state index is -0.352. The van der Waals surface area contributed by atoms with Gasteiger partial charge in [0.25, 0.3) is 0 Å². The van der Waals surface area contributed by atoms with Crippen LogP contribution in [0.5, 0.6) is 0 Å². The average Bonchev–Trinajstić information content (AvgIpc) is 1.87. The fourth-order valence-corrected chi connectivity index (χ4v) is 1.26. The highest BCUT2D eigenvalue weighted by Crippen LogP contribution is 2.16. The van der Waals surface area contributed by atoms with Crippen LogP contribution >= 0.6 is 22.9 Å². The normalized spacial score (nSPS) is 16.4. The molecule has 58 valence electrons. The number of hydrogen-bond donors (Lipinski definition) is 1. The quantitative estimate of drug-likeness (QED) is 0.617. The van der Waals surface area contributed by atoms with Crippen molar-refractivity contribution in [3.63, 3.8) is 0 Å². The fourth-order valence-electron chi connectivity index (χ4n) is 0.922. The van der Waals surface area contributed by atoms with Gasteiger partial charge in [0.2, 0.25) is 0 Å². The van der Waals surface area contributed by atoms with E-state index in [2.05, 4.69) is 23.4 Å². The van der Waals surface area contributed by atoms with Crippen molar-refractivity contribution < 1.29 is 0 Å². The van der Waals surface area contributed by atoms with Crippen molar-refractivity contribution in [2.24, 2.45) is 5.92 Å². The van der Waals surface area contributed by atoms with E-state index in [0.29, 0.717) is 5.92 Å². The van der Waals surface area contributed by atoms with Crippen molar-refractivity contribution in [3.05, 3.63) is 0 Å². The zero-order valence-corrected chi connectivity index (χ0v) is 8.77. The first-order valence-corrected chi connectivity index (χ1v) is 4.41. The number of nitrogens with one attached hydrogen (secondary N) is 1. The van der Waals surface area contributed by atoms with Crippen LogP contribution in [0, 0.1) is 17.2 Å². The highest BCUT2D eigenvalue weighted by Gasteiger charge is 2.22. The Labute approximate surface area is 76.5 Å². The van der Waals surface area contributed by atoms with Crippen molar-refractivity contribution in [3.8, 4) is 6.07 Å². The second-order valence-corrected chi connectivity index (χ2v) is 3.68. The molecule has 0 heterocycles. The Morgan fingerprint density at radius 1 is 1.70 bits per heavy atom. The number of rotatable bonds is 3. The molecule has 0 saturated carbocycles. The first-order valence-electron chi connectivity index (χ1n) is 3.33. The first-order chi connectivity index (χ1) is 4.54. The molecule has 1 unspecified atom stereocenters. The van der Waals surface area contributed by atoms with Gasteiger partial charge >= 0.3 is 0 Å². The second-order valence-electron chi connectivity index (χ2n) is 3.14. The van der Waals surface area contributed by atoms with Crippen LogP contribution in [-0.2, 0) is 0 Å². The van der Waals surface area contributed by atoms with Crippen LogP contribution in [-0.4, -0.2) is 5.54 Å². The van der Waals surface area contributed by atoms with E-state index in [4.69, 9.17) is 5.26 Å². The van der Waals surface area contributed by atoms with Crippen molar-refractivity contribution >= 4 is 22.9 Å². The molecule has 0 radical (unpaired) electrons. The van der Waals surface area contributed by atoms with Crippen LogP contribution in [0.2, 0.25) is 0 Å². The van der Waals surface area contributed by atoms with Gasteiger partial charge < -0.3 is 0 Å². The lowest BCUT2D eigenvalue weighted by atomic mass is 9.94. The van der Waals surface area contributed by atoms with E-state index in [-0.39, 0.29) is 5.54 Å². The Bertz CT molecular complexity index is 139. The van der Waals surface area contributed by atoms with Crippen LogP contribution in [0.1, 0.15) is 27.2 Å². The van der Waals surface area contributed by atoms with Gasteiger partial charge in [0.1, 0.15) is 5.54 Å². The maximum Gasteiger partial charge on any atom is 0.112 e. The summed E-state index contributed by atoms with van der Waals surface area (Å²) in [7, 11) is 0. The number of hydrogen-bond acceptors (Lipinski definition) is 2. The molecule has 2 nitrogen and oxygen atoms in total. The summed E-state index contributed by atoms with van der Waals surface area (Å²) in [5.74, 6) is 0.562. The molecule has 0 aliphatic rings. The third-order valence-corrected chi connectivity index (χ3v) is 2.46. The molecule has 0 aromatic heterocycles. The summed E-state index contributed by atoms with van der Waals surface area (Å²) < 4.78 is 2.97. The van der Waals surface area contributed by atoms with Gasteiger partial charge in [0, 0.05) is 22.9 Å². The van der Waals surface area contributed by atoms with Crippen molar-refractivity contribution in [2.75, 3.05) is 0 Å². The molecule has 0 bridgehead atoms. The van der Waals surface area contributed by atoms with Gasteiger partial charge in [-0.05, 0) is 19.3 Å². The molecule has 0 saturated heterocycles. The van der Waals surface area contributed by atoms with E-state index in [1.807, 2.05) is 29.8 Å². The van der Waals surface area contributed by atoms with Gasteiger partial charge in [0.05, 0.1) is 6.07 Å². The van der Waals surface area contributed by atoms with Gasteiger partial charge in [-0.2, -0.15) is 5.26 Å². The van der Waals surface area contributed by atoms with Gasteiger partial charge in [-0.25, -0.2) is 3.53 Å². The average molecular weight is 252 g/mol. The minimum Gasteiger partial charge on any atom is -0.242 e. The Balaban J connectivity index is 3.97. The molecule has 0 rings (SSSR count). The summed E-state index contributed by atoms with van der Waals surface area (Å²) in [5.41, 5.74) is -0.352. The summed E-state index contributed by atoms with van der Waals surface area (Å²) in [6, 6.07) is 2.24. The molecule has 0 aliphatic carbocycles. The Morgan fingerprint density at radius 3 is 2.30 bits per heavy atom. The third-order valence-electron chi connectivity index (χ3n) is 1.27. The van der Waals surface area contributed by atoms with Gasteiger partial charge in [0.15, 0.2) is 0 Å². The molecule has 10 heavy (non-hydrogen) atoms. The molecular weight excluding hydrogens is 239 g/mol. The third kappa shape index (κ3) is 3.37. The number of nitrogens with zero attached hydrogens (tertiary/aromatic N) is 1. The monoisotopic (exact) mass is 252 g/mol. The summed E-state index contributed by atoms with van der Waals surface area (Å²) in [6.45, 7) is 6.15. The lowest BCUT2D eigenvalue weighted by Gasteiger charge is -2.20.